The molecular weight excluding hydrogens is 472 g/mol. The minimum Gasteiger partial charge on any atom is -0.472 e. The van der Waals surface area contributed by atoms with Crippen molar-refractivity contribution in [2.24, 2.45) is 10.8 Å². The third-order valence-corrected chi connectivity index (χ3v) is 10.7. The highest BCUT2D eigenvalue weighted by Gasteiger charge is 2.98. The number of hydrogen-bond donors (Lipinski definition) is 2. The van der Waals surface area contributed by atoms with Gasteiger partial charge in [0, 0.05) is 17.4 Å². The summed E-state index contributed by atoms with van der Waals surface area (Å²) in [5, 5.41) is 25.0. The summed E-state index contributed by atoms with van der Waals surface area (Å²) in [6, 6.07) is 1.72. The summed E-state index contributed by atoms with van der Waals surface area (Å²) in [5.74, 6) is -2.36. The molecule has 3 saturated heterocycles. The van der Waals surface area contributed by atoms with Crippen LogP contribution in [0.2, 0.25) is 0 Å². The average molecular weight is 498 g/mol. The van der Waals surface area contributed by atoms with Crippen LogP contribution in [-0.4, -0.2) is 68.1 Å². The maximum atomic E-state index is 14.2. The van der Waals surface area contributed by atoms with E-state index in [9.17, 15) is 24.6 Å². The lowest BCUT2D eigenvalue weighted by atomic mass is 9.41. The molecule has 0 amide bonds. The maximum absolute atomic E-state index is 14.2. The first-order chi connectivity index (χ1) is 16.8. The molecule has 1 aromatic heterocycles. The van der Waals surface area contributed by atoms with Crippen molar-refractivity contribution in [3.63, 3.8) is 0 Å². The Labute approximate surface area is 205 Å². The molecule has 8 rings (SSSR count). The zero-order valence-corrected chi connectivity index (χ0v) is 20.2. The number of aliphatic hydroxyl groups is 2. The Balaban J connectivity index is 1.47. The van der Waals surface area contributed by atoms with E-state index in [1.807, 2.05) is 6.92 Å². The van der Waals surface area contributed by atoms with E-state index in [1.54, 1.807) is 19.9 Å². The second-order valence-electron chi connectivity index (χ2n) is 12.4. The van der Waals surface area contributed by atoms with Crippen molar-refractivity contribution in [1.82, 2.24) is 0 Å². The number of hydrogen-bond acceptors (Lipinski definition) is 10. The Morgan fingerprint density at radius 2 is 1.78 bits per heavy atom. The minimum absolute atomic E-state index is 0.254. The van der Waals surface area contributed by atoms with Crippen LogP contribution in [0.1, 0.15) is 58.6 Å². The van der Waals surface area contributed by atoms with Crippen LogP contribution < -0.4 is 0 Å². The van der Waals surface area contributed by atoms with Crippen LogP contribution in [0.5, 0.6) is 0 Å². The van der Waals surface area contributed by atoms with Crippen molar-refractivity contribution < 1.29 is 48.0 Å². The number of carbonyl (C=O) groups excluding carboxylic acids is 3. The van der Waals surface area contributed by atoms with E-state index in [-0.39, 0.29) is 18.1 Å². The molecule has 0 radical (unpaired) electrons. The van der Waals surface area contributed by atoms with E-state index in [0.717, 1.165) is 0 Å². The number of fused-ring (bicyclic) bond motifs is 3. The predicted octanol–water partition coefficient (Wildman–Crippen LogP) is 1.04. The number of furan rings is 1. The molecule has 3 aliphatic carbocycles. The summed E-state index contributed by atoms with van der Waals surface area (Å²) in [5.41, 5.74) is -11.1. The first-order valence-corrected chi connectivity index (χ1v) is 12.3. The van der Waals surface area contributed by atoms with Gasteiger partial charge in [-0.05, 0) is 45.3 Å². The van der Waals surface area contributed by atoms with Crippen LogP contribution in [0.4, 0.5) is 0 Å². The zero-order valence-electron chi connectivity index (χ0n) is 20.2. The van der Waals surface area contributed by atoms with E-state index in [4.69, 9.17) is 23.4 Å². The van der Waals surface area contributed by atoms with Gasteiger partial charge >= 0.3 is 11.9 Å². The highest BCUT2D eigenvalue weighted by molar-refractivity contribution is 6.07. The van der Waals surface area contributed by atoms with Gasteiger partial charge in [-0.1, -0.05) is 6.92 Å². The summed E-state index contributed by atoms with van der Waals surface area (Å²) >= 11 is 0. The smallest absolute Gasteiger partial charge is 0.339 e. The topological polar surface area (TPSA) is 148 Å². The molecule has 10 heteroatoms. The fourth-order valence-electron chi connectivity index (χ4n) is 9.11. The van der Waals surface area contributed by atoms with Crippen LogP contribution >= 0.6 is 0 Å². The second kappa shape index (κ2) is 5.36. The average Bonchev–Trinajstić information content (AvgIpc) is 3.64. The van der Waals surface area contributed by atoms with Crippen molar-refractivity contribution >= 4 is 17.7 Å². The Kier molecular flexibility index (Phi) is 3.21. The molecule has 2 spiro atoms. The Morgan fingerprint density at radius 3 is 2.44 bits per heavy atom. The van der Waals surface area contributed by atoms with Gasteiger partial charge in [-0.2, -0.15) is 0 Å². The summed E-state index contributed by atoms with van der Waals surface area (Å²) in [6.45, 7) is 6.55. The third-order valence-electron chi connectivity index (χ3n) is 10.7. The predicted molar refractivity (Wildman–Crippen MR) is 115 cm³/mol. The largest absolute Gasteiger partial charge is 0.472 e. The lowest BCUT2D eigenvalue weighted by Crippen LogP contribution is -2.86. The van der Waals surface area contributed by atoms with Crippen LogP contribution in [0.25, 0.3) is 0 Å². The Bertz CT molecular complexity index is 1360. The van der Waals surface area contributed by atoms with Crippen molar-refractivity contribution in [2.45, 2.75) is 93.3 Å². The molecule has 190 valence electrons. The molecule has 0 aromatic carbocycles. The molecule has 36 heavy (non-hydrogen) atoms. The van der Waals surface area contributed by atoms with E-state index in [2.05, 4.69) is 0 Å². The van der Waals surface area contributed by atoms with Gasteiger partial charge in [-0.25, -0.2) is 9.59 Å². The number of epoxide rings is 2. The highest BCUT2D eigenvalue weighted by Crippen LogP contribution is 2.78. The molecule has 5 fully saturated rings. The second-order valence-corrected chi connectivity index (χ2v) is 12.4. The molecule has 0 unspecified atom stereocenters. The monoisotopic (exact) mass is 498 g/mol. The maximum Gasteiger partial charge on any atom is 0.339 e. The number of carbonyl (C=O) groups is 3. The molecule has 2 saturated carbocycles. The first kappa shape index (κ1) is 21.5. The lowest BCUT2D eigenvalue weighted by molar-refractivity contribution is -0.285. The summed E-state index contributed by atoms with van der Waals surface area (Å²) in [6.07, 6.45) is 1.79. The number of ketones is 1. The molecule has 0 bridgehead atoms. The number of esters is 2. The van der Waals surface area contributed by atoms with Gasteiger partial charge in [0.1, 0.15) is 11.7 Å². The fourth-order valence-corrected chi connectivity index (χ4v) is 9.11. The molecule has 5 heterocycles. The number of rotatable bonds is 1. The van der Waals surface area contributed by atoms with Gasteiger partial charge in [0.15, 0.2) is 34.3 Å². The summed E-state index contributed by atoms with van der Waals surface area (Å²) in [7, 11) is 0. The van der Waals surface area contributed by atoms with Crippen molar-refractivity contribution in [1.29, 1.82) is 0 Å². The zero-order chi connectivity index (χ0) is 25.5. The van der Waals surface area contributed by atoms with E-state index in [0.29, 0.717) is 24.0 Å². The molecule has 4 aliphatic heterocycles. The van der Waals surface area contributed by atoms with Gasteiger partial charge in [0.2, 0.25) is 0 Å². The van der Waals surface area contributed by atoms with Crippen molar-refractivity contribution in [2.75, 3.05) is 0 Å². The fraction of sp³-hybridized carbons (Fsp3) is 0.654. The van der Waals surface area contributed by atoms with Crippen LogP contribution in [0, 0.1) is 10.8 Å². The number of ether oxygens (including phenoxy) is 4. The van der Waals surface area contributed by atoms with Crippen LogP contribution in [0.15, 0.2) is 34.2 Å². The molecule has 1 aromatic rings. The SMILES string of the molecule is CC1(C)C(=O)[C@@]2(O)C[C@@]34O[C@@H]3CC[C@]3(C)C4=C(C(=O)O[C@H]3c3ccoc3)[C@@]2(O)[C@@]2(C)OC(=O)[C@@H]3O[C@]312. The lowest BCUT2D eigenvalue weighted by Gasteiger charge is -2.65. The van der Waals surface area contributed by atoms with Gasteiger partial charge < -0.3 is 33.6 Å². The van der Waals surface area contributed by atoms with Gasteiger partial charge in [-0.15, -0.1) is 0 Å². The standard InChI is InChI=1S/C26H26O10/c1-20(2)19(29)24(30)10-23-12(34-23)5-7-21(3)14(23)13(17(27)33-15(21)11-6-8-32-9-11)25(24,31)22(4)26(20)16(35-26)18(28)36-22/h6,8-9,12,15-16,30-31H,5,7,10H2,1-4H3/t12-,15+,16+,21-,22-,23-,24+,25-,26-/m1/s1. The van der Waals surface area contributed by atoms with Gasteiger partial charge in [0.05, 0.1) is 29.6 Å². The minimum atomic E-state index is -2.62. The van der Waals surface area contributed by atoms with E-state index >= 15 is 0 Å². The van der Waals surface area contributed by atoms with E-state index < -0.39 is 68.8 Å². The Hall–Kier alpha value is -2.53. The first-order valence-electron chi connectivity index (χ1n) is 12.3. The molecule has 10 nitrogen and oxygen atoms in total. The van der Waals surface area contributed by atoms with E-state index in [1.165, 1.54) is 19.5 Å². The quantitative estimate of drug-likeness (QED) is 0.425. The molecule has 9 atom stereocenters. The van der Waals surface area contributed by atoms with Gasteiger partial charge in [-0.3, -0.25) is 4.79 Å². The summed E-state index contributed by atoms with van der Waals surface area (Å²) < 4.78 is 29.1. The third kappa shape index (κ3) is 1.69. The number of Topliss-reactive ketones (excluding diaryl/α,β-unsaturated/α-hetero) is 1. The van der Waals surface area contributed by atoms with Gasteiger partial charge in [0.25, 0.3) is 0 Å². The van der Waals surface area contributed by atoms with Crippen LogP contribution in [0.3, 0.4) is 0 Å². The van der Waals surface area contributed by atoms with Crippen molar-refractivity contribution in [3.8, 4) is 0 Å². The van der Waals surface area contributed by atoms with Crippen LogP contribution in [-0.2, 0) is 33.3 Å². The normalized spacial score (nSPS) is 54.9. The Morgan fingerprint density at radius 1 is 1.03 bits per heavy atom. The highest BCUT2D eigenvalue weighted by atomic mass is 16.7. The van der Waals surface area contributed by atoms with Crippen molar-refractivity contribution in [3.05, 3.63) is 35.3 Å². The number of cyclic esters (lactones) is 1. The molecule has 7 aliphatic rings. The molecule has 2 N–H and O–H groups in total. The summed E-state index contributed by atoms with van der Waals surface area (Å²) in [4.78, 5) is 41.0. The molecular formula is C26H26O10.